The number of nitrogen functional groups attached to an aromatic ring is 1. The van der Waals surface area contributed by atoms with Gasteiger partial charge in [-0.05, 0) is 25.0 Å². The molecule has 1 aromatic rings. The predicted octanol–water partition coefficient (Wildman–Crippen LogP) is 0.496. The molecule has 0 saturated heterocycles. The second-order valence-corrected chi connectivity index (χ2v) is 4.44. The van der Waals surface area contributed by atoms with E-state index in [1.54, 1.807) is 0 Å². The van der Waals surface area contributed by atoms with Gasteiger partial charge in [-0.1, -0.05) is 0 Å². The number of benzene rings is 1. The molecule has 0 radical (unpaired) electrons. The molecule has 0 atom stereocenters. The standard InChI is InChI=1S/C14H22N4O4/c1-20-10-7-9(8-11(21-2)12(10)15)13(19)22-6-4-3-5-18-14(16)17/h7-8H,3-6,15H2,1-2H3,(H4,16,17,18). The minimum Gasteiger partial charge on any atom is -0.494 e. The molecule has 0 amide bonds. The van der Waals surface area contributed by atoms with E-state index < -0.39 is 5.97 Å². The van der Waals surface area contributed by atoms with Crippen molar-refractivity contribution >= 4 is 17.6 Å². The van der Waals surface area contributed by atoms with Gasteiger partial charge in [-0.3, -0.25) is 4.99 Å². The van der Waals surface area contributed by atoms with Crippen LogP contribution in [0.2, 0.25) is 0 Å². The zero-order chi connectivity index (χ0) is 16.5. The fourth-order valence-electron chi connectivity index (χ4n) is 1.73. The van der Waals surface area contributed by atoms with Crippen LogP contribution in [0.3, 0.4) is 0 Å². The Hall–Kier alpha value is -2.64. The Morgan fingerprint density at radius 3 is 2.23 bits per heavy atom. The number of guanidine groups is 1. The van der Waals surface area contributed by atoms with Gasteiger partial charge in [0.2, 0.25) is 0 Å². The lowest BCUT2D eigenvalue weighted by molar-refractivity contribution is 0.0498. The van der Waals surface area contributed by atoms with E-state index in [4.69, 9.17) is 31.4 Å². The van der Waals surface area contributed by atoms with Crippen molar-refractivity contribution in [1.29, 1.82) is 0 Å². The molecular weight excluding hydrogens is 288 g/mol. The molecule has 22 heavy (non-hydrogen) atoms. The van der Waals surface area contributed by atoms with Gasteiger partial charge in [-0.25, -0.2) is 4.79 Å². The van der Waals surface area contributed by atoms with E-state index in [0.29, 0.717) is 35.7 Å². The van der Waals surface area contributed by atoms with Gasteiger partial charge in [0.05, 0.1) is 26.4 Å². The summed E-state index contributed by atoms with van der Waals surface area (Å²) >= 11 is 0. The van der Waals surface area contributed by atoms with Gasteiger partial charge >= 0.3 is 5.97 Å². The molecule has 0 aliphatic heterocycles. The van der Waals surface area contributed by atoms with Crippen LogP contribution in [0, 0.1) is 0 Å². The number of unbranched alkanes of at least 4 members (excludes halogenated alkanes) is 1. The minimum atomic E-state index is -0.474. The zero-order valence-corrected chi connectivity index (χ0v) is 12.8. The molecule has 6 N–H and O–H groups in total. The fraction of sp³-hybridized carbons (Fsp3) is 0.429. The Bertz CT molecular complexity index is 517. The number of hydrogen-bond acceptors (Lipinski definition) is 6. The number of ether oxygens (including phenoxy) is 3. The van der Waals surface area contributed by atoms with Crippen molar-refractivity contribution in [1.82, 2.24) is 0 Å². The molecule has 0 spiro atoms. The fourth-order valence-corrected chi connectivity index (χ4v) is 1.73. The van der Waals surface area contributed by atoms with Gasteiger partial charge < -0.3 is 31.4 Å². The highest BCUT2D eigenvalue weighted by atomic mass is 16.5. The van der Waals surface area contributed by atoms with Gasteiger partial charge in [0, 0.05) is 6.54 Å². The van der Waals surface area contributed by atoms with Crippen LogP contribution in [0.15, 0.2) is 17.1 Å². The number of carbonyl (C=O) groups excluding carboxylic acids is 1. The van der Waals surface area contributed by atoms with Crippen molar-refractivity contribution in [3.63, 3.8) is 0 Å². The number of aliphatic imine (C=N–C) groups is 1. The summed E-state index contributed by atoms with van der Waals surface area (Å²) in [5, 5.41) is 0. The third-order valence-corrected chi connectivity index (χ3v) is 2.86. The van der Waals surface area contributed by atoms with E-state index in [-0.39, 0.29) is 12.6 Å². The number of nitrogens with zero attached hydrogens (tertiary/aromatic N) is 1. The predicted molar refractivity (Wildman–Crippen MR) is 84.2 cm³/mol. The Kier molecular flexibility index (Phi) is 6.81. The molecule has 8 heteroatoms. The average Bonchev–Trinajstić information content (AvgIpc) is 2.50. The zero-order valence-electron chi connectivity index (χ0n) is 12.8. The van der Waals surface area contributed by atoms with Crippen LogP contribution in [0.4, 0.5) is 5.69 Å². The average molecular weight is 310 g/mol. The van der Waals surface area contributed by atoms with Crippen molar-refractivity contribution < 1.29 is 19.0 Å². The summed E-state index contributed by atoms with van der Waals surface area (Å²) in [5.74, 6) is 0.301. The van der Waals surface area contributed by atoms with Crippen LogP contribution in [-0.2, 0) is 4.74 Å². The molecule has 1 aromatic carbocycles. The van der Waals surface area contributed by atoms with E-state index >= 15 is 0 Å². The summed E-state index contributed by atoms with van der Waals surface area (Å²) in [6.45, 7) is 0.775. The number of methoxy groups -OCH3 is 2. The third-order valence-electron chi connectivity index (χ3n) is 2.86. The number of anilines is 1. The first kappa shape index (κ1) is 17.4. The van der Waals surface area contributed by atoms with E-state index in [9.17, 15) is 4.79 Å². The number of carbonyl (C=O) groups is 1. The van der Waals surface area contributed by atoms with Gasteiger partial charge in [-0.2, -0.15) is 0 Å². The van der Waals surface area contributed by atoms with Crippen LogP contribution in [0.25, 0.3) is 0 Å². The Labute approximate surface area is 129 Å². The van der Waals surface area contributed by atoms with Crippen molar-refractivity contribution in [2.75, 3.05) is 33.1 Å². The van der Waals surface area contributed by atoms with E-state index in [1.807, 2.05) is 0 Å². The smallest absolute Gasteiger partial charge is 0.338 e. The first-order valence-corrected chi connectivity index (χ1v) is 6.73. The van der Waals surface area contributed by atoms with Crippen LogP contribution >= 0.6 is 0 Å². The van der Waals surface area contributed by atoms with Crippen molar-refractivity contribution in [3.05, 3.63) is 17.7 Å². The van der Waals surface area contributed by atoms with Gasteiger partial charge in [0.25, 0.3) is 0 Å². The summed E-state index contributed by atoms with van der Waals surface area (Å²) in [7, 11) is 2.92. The monoisotopic (exact) mass is 310 g/mol. The maximum absolute atomic E-state index is 12.0. The molecule has 0 unspecified atom stereocenters. The third kappa shape index (κ3) is 5.04. The molecule has 122 valence electrons. The van der Waals surface area contributed by atoms with Crippen LogP contribution < -0.4 is 26.7 Å². The summed E-state index contributed by atoms with van der Waals surface area (Å²) in [4.78, 5) is 15.8. The Balaban J connectivity index is 2.57. The summed E-state index contributed by atoms with van der Waals surface area (Å²) in [5.41, 5.74) is 16.9. The Morgan fingerprint density at radius 1 is 1.14 bits per heavy atom. The number of hydrogen-bond donors (Lipinski definition) is 3. The van der Waals surface area contributed by atoms with Crippen LogP contribution in [-0.4, -0.2) is 39.3 Å². The second-order valence-electron chi connectivity index (χ2n) is 4.44. The summed E-state index contributed by atoms with van der Waals surface area (Å²) in [6, 6.07) is 3.03. The normalized spacial score (nSPS) is 9.91. The molecule has 0 bridgehead atoms. The molecule has 0 heterocycles. The minimum absolute atomic E-state index is 0.0538. The number of esters is 1. The van der Waals surface area contributed by atoms with Gasteiger partial charge in [0.15, 0.2) is 5.96 Å². The lowest BCUT2D eigenvalue weighted by atomic mass is 10.1. The highest BCUT2D eigenvalue weighted by Crippen LogP contribution is 2.33. The maximum Gasteiger partial charge on any atom is 0.338 e. The molecule has 1 rings (SSSR count). The summed E-state index contributed by atoms with van der Waals surface area (Å²) < 4.78 is 15.4. The maximum atomic E-state index is 12.0. The summed E-state index contributed by atoms with van der Waals surface area (Å²) in [6.07, 6.45) is 1.38. The number of nitrogens with two attached hydrogens (primary N) is 3. The quantitative estimate of drug-likeness (QED) is 0.209. The highest BCUT2D eigenvalue weighted by Gasteiger charge is 2.15. The SMILES string of the molecule is COc1cc(C(=O)OCCCCN=C(N)N)cc(OC)c1N. The lowest BCUT2D eigenvalue weighted by Crippen LogP contribution is -2.23. The molecule has 0 aliphatic rings. The molecule has 0 saturated carbocycles. The van der Waals surface area contributed by atoms with E-state index in [2.05, 4.69) is 4.99 Å². The van der Waals surface area contributed by atoms with Crippen molar-refractivity contribution in [2.45, 2.75) is 12.8 Å². The molecular formula is C14H22N4O4. The molecule has 0 aromatic heterocycles. The first-order chi connectivity index (χ1) is 10.5. The van der Waals surface area contributed by atoms with E-state index in [0.717, 1.165) is 6.42 Å². The molecule has 0 aliphatic carbocycles. The van der Waals surface area contributed by atoms with Crippen molar-refractivity contribution in [2.24, 2.45) is 16.5 Å². The van der Waals surface area contributed by atoms with Crippen LogP contribution in [0.5, 0.6) is 11.5 Å². The second kappa shape index (κ2) is 8.60. The Morgan fingerprint density at radius 2 is 1.73 bits per heavy atom. The number of rotatable bonds is 8. The topological polar surface area (TPSA) is 135 Å². The van der Waals surface area contributed by atoms with Gasteiger partial charge in [0.1, 0.15) is 17.2 Å². The molecule has 8 nitrogen and oxygen atoms in total. The highest BCUT2D eigenvalue weighted by molar-refractivity contribution is 5.92. The molecule has 0 fully saturated rings. The largest absolute Gasteiger partial charge is 0.494 e. The van der Waals surface area contributed by atoms with Crippen LogP contribution in [0.1, 0.15) is 23.2 Å². The van der Waals surface area contributed by atoms with Crippen molar-refractivity contribution in [3.8, 4) is 11.5 Å². The lowest BCUT2D eigenvalue weighted by Gasteiger charge is -2.12. The van der Waals surface area contributed by atoms with E-state index in [1.165, 1.54) is 26.4 Å². The first-order valence-electron chi connectivity index (χ1n) is 6.73. The van der Waals surface area contributed by atoms with Gasteiger partial charge in [-0.15, -0.1) is 0 Å².